The molecule has 1 aromatic carbocycles. The summed E-state index contributed by atoms with van der Waals surface area (Å²) in [5.74, 6) is 1.24. The molecule has 0 unspecified atom stereocenters. The summed E-state index contributed by atoms with van der Waals surface area (Å²) < 4.78 is 19.4. The Kier molecular flexibility index (Phi) is 3.75. The van der Waals surface area contributed by atoms with Gasteiger partial charge in [-0.05, 0) is 30.7 Å². The van der Waals surface area contributed by atoms with Crippen molar-refractivity contribution in [1.82, 2.24) is 10.2 Å². The summed E-state index contributed by atoms with van der Waals surface area (Å²) in [5.41, 5.74) is 1.34. The number of carbonyl (C=O) groups excluding carboxylic acids is 1. The standard InChI is InChI=1S/C16H17FN2O2/c1-11-13(3-2-4-14(11)17)15-6-5-12(21-15)9-19-8-7-18-16(20)10-19/h2-6H,7-10H2,1H3,(H,18,20). The lowest BCUT2D eigenvalue weighted by atomic mass is 10.1. The first kappa shape index (κ1) is 13.8. The van der Waals surface area contributed by atoms with Gasteiger partial charge in [-0.25, -0.2) is 4.39 Å². The quantitative estimate of drug-likeness (QED) is 0.943. The molecule has 1 aliphatic heterocycles. The largest absolute Gasteiger partial charge is 0.460 e. The Morgan fingerprint density at radius 1 is 1.33 bits per heavy atom. The molecule has 1 aliphatic rings. The van der Waals surface area contributed by atoms with E-state index in [-0.39, 0.29) is 11.7 Å². The summed E-state index contributed by atoms with van der Waals surface area (Å²) in [6.07, 6.45) is 0. The Bertz CT molecular complexity index is 666. The van der Waals surface area contributed by atoms with Crippen molar-refractivity contribution < 1.29 is 13.6 Å². The number of piperazine rings is 1. The van der Waals surface area contributed by atoms with E-state index < -0.39 is 0 Å². The van der Waals surface area contributed by atoms with Crippen LogP contribution in [0.15, 0.2) is 34.7 Å². The molecule has 1 N–H and O–H groups in total. The number of carbonyl (C=O) groups is 1. The van der Waals surface area contributed by atoms with Crippen molar-refractivity contribution in [1.29, 1.82) is 0 Å². The van der Waals surface area contributed by atoms with E-state index in [1.54, 1.807) is 13.0 Å². The Morgan fingerprint density at radius 3 is 3.00 bits per heavy atom. The van der Waals surface area contributed by atoms with Crippen LogP contribution in [-0.4, -0.2) is 30.4 Å². The summed E-state index contributed by atoms with van der Waals surface area (Å²) in [5, 5.41) is 2.79. The Balaban J connectivity index is 1.77. The highest BCUT2D eigenvalue weighted by Gasteiger charge is 2.18. The highest BCUT2D eigenvalue weighted by molar-refractivity contribution is 5.78. The van der Waals surface area contributed by atoms with Crippen LogP contribution < -0.4 is 5.32 Å². The predicted octanol–water partition coefficient (Wildman–Crippen LogP) is 2.33. The van der Waals surface area contributed by atoms with Crippen LogP contribution in [0.2, 0.25) is 0 Å². The van der Waals surface area contributed by atoms with Gasteiger partial charge in [0.1, 0.15) is 17.3 Å². The Labute approximate surface area is 122 Å². The maximum absolute atomic E-state index is 13.6. The summed E-state index contributed by atoms with van der Waals surface area (Å²) >= 11 is 0. The number of hydrogen-bond donors (Lipinski definition) is 1. The van der Waals surface area contributed by atoms with E-state index in [4.69, 9.17) is 4.42 Å². The minimum Gasteiger partial charge on any atom is -0.460 e. The molecule has 2 heterocycles. The van der Waals surface area contributed by atoms with E-state index in [1.807, 2.05) is 23.1 Å². The van der Waals surface area contributed by atoms with Gasteiger partial charge in [0.15, 0.2) is 0 Å². The molecule has 1 aromatic heterocycles. The van der Waals surface area contributed by atoms with E-state index in [0.717, 1.165) is 17.9 Å². The molecule has 0 spiro atoms. The number of furan rings is 1. The summed E-state index contributed by atoms with van der Waals surface area (Å²) in [6, 6.07) is 8.69. The molecule has 0 aliphatic carbocycles. The predicted molar refractivity (Wildman–Crippen MR) is 77.1 cm³/mol. The lowest BCUT2D eigenvalue weighted by Gasteiger charge is -2.25. The van der Waals surface area contributed by atoms with E-state index in [9.17, 15) is 9.18 Å². The number of rotatable bonds is 3. The van der Waals surface area contributed by atoms with Gasteiger partial charge < -0.3 is 9.73 Å². The Hall–Kier alpha value is -2.14. The van der Waals surface area contributed by atoms with Gasteiger partial charge in [-0.1, -0.05) is 12.1 Å². The average Bonchev–Trinajstić information content (AvgIpc) is 2.90. The molecule has 1 fully saturated rings. The van der Waals surface area contributed by atoms with Crippen LogP contribution in [0.25, 0.3) is 11.3 Å². The topological polar surface area (TPSA) is 45.5 Å². The molecule has 110 valence electrons. The van der Waals surface area contributed by atoms with Gasteiger partial charge in [0, 0.05) is 18.7 Å². The van der Waals surface area contributed by atoms with E-state index >= 15 is 0 Å². The molecular formula is C16H17FN2O2. The molecule has 3 rings (SSSR count). The first-order valence-electron chi connectivity index (χ1n) is 6.97. The van der Waals surface area contributed by atoms with E-state index in [0.29, 0.717) is 31.0 Å². The van der Waals surface area contributed by atoms with Gasteiger partial charge in [0.2, 0.25) is 5.91 Å². The first-order chi connectivity index (χ1) is 10.1. The van der Waals surface area contributed by atoms with Gasteiger partial charge in [-0.3, -0.25) is 9.69 Å². The maximum Gasteiger partial charge on any atom is 0.234 e. The average molecular weight is 288 g/mol. The molecule has 5 heteroatoms. The lowest BCUT2D eigenvalue weighted by molar-refractivity contribution is -0.124. The molecule has 0 radical (unpaired) electrons. The minimum atomic E-state index is -0.238. The van der Waals surface area contributed by atoms with Crippen molar-refractivity contribution in [2.45, 2.75) is 13.5 Å². The number of nitrogens with one attached hydrogen (secondary N) is 1. The second-order valence-corrected chi connectivity index (χ2v) is 5.24. The second kappa shape index (κ2) is 5.69. The van der Waals surface area contributed by atoms with Crippen LogP contribution in [0.1, 0.15) is 11.3 Å². The fraction of sp³-hybridized carbons (Fsp3) is 0.312. The Morgan fingerprint density at radius 2 is 2.19 bits per heavy atom. The summed E-state index contributed by atoms with van der Waals surface area (Å²) in [6.45, 7) is 4.18. The third-order valence-corrected chi connectivity index (χ3v) is 3.69. The molecule has 1 saturated heterocycles. The number of amides is 1. The number of hydrogen-bond acceptors (Lipinski definition) is 3. The van der Waals surface area contributed by atoms with Gasteiger partial charge in [0.05, 0.1) is 13.1 Å². The minimum absolute atomic E-state index is 0.0361. The molecule has 0 bridgehead atoms. The third-order valence-electron chi connectivity index (χ3n) is 3.69. The van der Waals surface area contributed by atoms with Crippen molar-refractivity contribution in [2.24, 2.45) is 0 Å². The summed E-state index contributed by atoms with van der Waals surface area (Å²) in [7, 11) is 0. The number of halogens is 1. The smallest absolute Gasteiger partial charge is 0.234 e. The van der Waals surface area contributed by atoms with Crippen molar-refractivity contribution in [3.8, 4) is 11.3 Å². The third kappa shape index (κ3) is 2.97. The first-order valence-corrected chi connectivity index (χ1v) is 6.97. The number of benzene rings is 1. The maximum atomic E-state index is 13.6. The zero-order valence-electron chi connectivity index (χ0n) is 11.9. The lowest BCUT2D eigenvalue weighted by Crippen LogP contribution is -2.47. The molecular weight excluding hydrogens is 271 g/mol. The van der Waals surface area contributed by atoms with E-state index in [2.05, 4.69) is 5.32 Å². The van der Waals surface area contributed by atoms with Crippen LogP contribution in [0.4, 0.5) is 4.39 Å². The van der Waals surface area contributed by atoms with Crippen LogP contribution in [0.5, 0.6) is 0 Å². The van der Waals surface area contributed by atoms with E-state index in [1.165, 1.54) is 6.07 Å². The van der Waals surface area contributed by atoms with Crippen LogP contribution in [0, 0.1) is 12.7 Å². The normalized spacial score (nSPS) is 16.0. The molecule has 2 aromatic rings. The van der Waals surface area contributed by atoms with Gasteiger partial charge in [0.25, 0.3) is 0 Å². The van der Waals surface area contributed by atoms with Crippen molar-refractivity contribution >= 4 is 5.91 Å². The highest BCUT2D eigenvalue weighted by atomic mass is 19.1. The van der Waals surface area contributed by atoms with Crippen molar-refractivity contribution in [3.05, 3.63) is 47.5 Å². The molecule has 0 atom stereocenters. The second-order valence-electron chi connectivity index (χ2n) is 5.24. The summed E-state index contributed by atoms with van der Waals surface area (Å²) in [4.78, 5) is 13.4. The number of nitrogens with zero attached hydrogens (tertiary/aromatic N) is 1. The van der Waals surface area contributed by atoms with Gasteiger partial charge in [-0.2, -0.15) is 0 Å². The van der Waals surface area contributed by atoms with Crippen LogP contribution in [0.3, 0.4) is 0 Å². The van der Waals surface area contributed by atoms with Crippen molar-refractivity contribution in [3.63, 3.8) is 0 Å². The molecule has 0 saturated carbocycles. The fourth-order valence-electron chi connectivity index (χ4n) is 2.53. The zero-order valence-corrected chi connectivity index (χ0v) is 11.9. The van der Waals surface area contributed by atoms with Gasteiger partial charge in [-0.15, -0.1) is 0 Å². The van der Waals surface area contributed by atoms with Crippen LogP contribution in [-0.2, 0) is 11.3 Å². The van der Waals surface area contributed by atoms with Crippen LogP contribution >= 0.6 is 0 Å². The van der Waals surface area contributed by atoms with Gasteiger partial charge >= 0.3 is 0 Å². The SMILES string of the molecule is Cc1c(F)cccc1-c1ccc(CN2CCNC(=O)C2)o1. The van der Waals surface area contributed by atoms with Crippen molar-refractivity contribution in [2.75, 3.05) is 19.6 Å². The fourth-order valence-corrected chi connectivity index (χ4v) is 2.53. The zero-order chi connectivity index (χ0) is 14.8. The molecule has 1 amide bonds. The molecule has 4 nitrogen and oxygen atoms in total. The highest BCUT2D eigenvalue weighted by Crippen LogP contribution is 2.27. The molecule has 21 heavy (non-hydrogen) atoms. The monoisotopic (exact) mass is 288 g/mol.